The van der Waals surface area contributed by atoms with Gasteiger partial charge in [0.1, 0.15) is 5.60 Å². The molecular formula is C16H32N2O3. The average molecular weight is 300 g/mol. The first-order valence-corrected chi connectivity index (χ1v) is 8.07. The SMILES string of the molecule is CC(C)[C@@H](CO)NC1CCCC(NC(=O)OC(C)(C)C)C1. The molecule has 0 heterocycles. The van der Waals surface area contributed by atoms with Gasteiger partial charge in [0.25, 0.3) is 0 Å². The Bertz CT molecular complexity index is 326. The first kappa shape index (κ1) is 18.2. The fourth-order valence-electron chi connectivity index (χ4n) is 2.71. The number of ether oxygens (including phenoxy) is 1. The molecule has 124 valence electrons. The van der Waals surface area contributed by atoms with Gasteiger partial charge >= 0.3 is 6.09 Å². The fraction of sp³-hybridized carbons (Fsp3) is 0.938. The van der Waals surface area contributed by atoms with Gasteiger partial charge in [0.05, 0.1) is 6.61 Å². The number of amides is 1. The molecule has 0 bridgehead atoms. The molecule has 0 spiro atoms. The van der Waals surface area contributed by atoms with Crippen molar-refractivity contribution in [2.24, 2.45) is 5.92 Å². The van der Waals surface area contributed by atoms with Crippen molar-refractivity contribution in [2.45, 2.75) is 84.0 Å². The summed E-state index contributed by atoms with van der Waals surface area (Å²) >= 11 is 0. The molecule has 2 unspecified atom stereocenters. The largest absolute Gasteiger partial charge is 0.444 e. The summed E-state index contributed by atoms with van der Waals surface area (Å²) < 4.78 is 5.31. The van der Waals surface area contributed by atoms with Gasteiger partial charge in [0.15, 0.2) is 0 Å². The van der Waals surface area contributed by atoms with Crippen LogP contribution in [-0.4, -0.2) is 41.5 Å². The lowest BCUT2D eigenvalue weighted by Crippen LogP contribution is -2.50. The van der Waals surface area contributed by atoms with E-state index in [0.29, 0.717) is 12.0 Å². The molecular weight excluding hydrogens is 268 g/mol. The summed E-state index contributed by atoms with van der Waals surface area (Å²) in [6, 6.07) is 0.617. The van der Waals surface area contributed by atoms with Crippen LogP contribution in [0.3, 0.4) is 0 Å². The van der Waals surface area contributed by atoms with Crippen LogP contribution in [-0.2, 0) is 4.74 Å². The predicted octanol–water partition coefficient (Wildman–Crippen LogP) is 2.43. The maximum Gasteiger partial charge on any atom is 0.407 e. The second-order valence-corrected chi connectivity index (χ2v) is 7.41. The number of aliphatic hydroxyl groups excluding tert-OH is 1. The summed E-state index contributed by atoms with van der Waals surface area (Å²) in [7, 11) is 0. The van der Waals surface area contributed by atoms with Crippen molar-refractivity contribution in [3.05, 3.63) is 0 Å². The Morgan fingerprint density at radius 2 is 1.90 bits per heavy atom. The lowest BCUT2D eigenvalue weighted by molar-refractivity contribution is 0.0486. The van der Waals surface area contributed by atoms with Gasteiger partial charge in [-0.05, 0) is 52.4 Å². The van der Waals surface area contributed by atoms with E-state index >= 15 is 0 Å². The van der Waals surface area contributed by atoms with E-state index in [0.717, 1.165) is 25.7 Å². The zero-order valence-electron chi connectivity index (χ0n) is 14.1. The van der Waals surface area contributed by atoms with E-state index in [1.54, 1.807) is 0 Å². The monoisotopic (exact) mass is 300 g/mol. The quantitative estimate of drug-likeness (QED) is 0.729. The van der Waals surface area contributed by atoms with Gasteiger partial charge in [-0.15, -0.1) is 0 Å². The number of aliphatic hydroxyl groups is 1. The van der Waals surface area contributed by atoms with E-state index in [9.17, 15) is 9.90 Å². The molecule has 1 fully saturated rings. The maximum absolute atomic E-state index is 11.8. The number of rotatable bonds is 5. The van der Waals surface area contributed by atoms with Crippen LogP contribution >= 0.6 is 0 Å². The van der Waals surface area contributed by atoms with Gasteiger partial charge in [0, 0.05) is 18.1 Å². The van der Waals surface area contributed by atoms with Gasteiger partial charge in [-0.25, -0.2) is 4.79 Å². The van der Waals surface area contributed by atoms with E-state index < -0.39 is 5.60 Å². The number of carbonyl (C=O) groups is 1. The number of carbonyl (C=O) groups excluding carboxylic acids is 1. The van der Waals surface area contributed by atoms with Crippen LogP contribution in [0.25, 0.3) is 0 Å². The van der Waals surface area contributed by atoms with Crippen molar-refractivity contribution in [2.75, 3.05) is 6.61 Å². The van der Waals surface area contributed by atoms with Gasteiger partial charge in [0.2, 0.25) is 0 Å². The van der Waals surface area contributed by atoms with Gasteiger partial charge in [-0.1, -0.05) is 13.8 Å². The van der Waals surface area contributed by atoms with E-state index in [1.807, 2.05) is 20.8 Å². The second kappa shape index (κ2) is 7.99. The molecule has 1 amide bonds. The van der Waals surface area contributed by atoms with Crippen LogP contribution < -0.4 is 10.6 Å². The lowest BCUT2D eigenvalue weighted by atomic mass is 9.89. The third-order valence-electron chi connectivity index (χ3n) is 3.85. The Labute approximate surface area is 128 Å². The molecule has 0 aromatic rings. The molecule has 5 nitrogen and oxygen atoms in total. The number of hydrogen-bond acceptors (Lipinski definition) is 4. The lowest BCUT2D eigenvalue weighted by Gasteiger charge is -2.34. The molecule has 21 heavy (non-hydrogen) atoms. The number of hydrogen-bond donors (Lipinski definition) is 3. The third-order valence-corrected chi connectivity index (χ3v) is 3.85. The molecule has 1 aliphatic carbocycles. The van der Waals surface area contributed by atoms with Crippen LogP contribution in [0, 0.1) is 5.92 Å². The van der Waals surface area contributed by atoms with Crippen molar-refractivity contribution in [3.8, 4) is 0 Å². The molecule has 3 N–H and O–H groups in total. The van der Waals surface area contributed by atoms with Crippen LogP contribution in [0.2, 0.25) is 0 Å². The van der Waals surface area contributed by atoms with Crippen molar-refractivity contribution in [1.29, 1.82) is 0 Å². The first-order chi connectivity index (χ1) is 9.71. The van der Waals surface area contributed by atoms with E-state index in [2.05, 4.69) is 24.5 Å². The standard InChI is InChI=1S/C16H32N2O3/c1-11(2)14(10-19)17-12-7-6-8-13(9-12)18-15(20)21-16(3,4)5/h11-14,17,19H,6-10H2,1-5H3,(H,18,20)/t12?,13?,14-/m1/s1. The Morgan fingerprint density at radius 1 is 1.29 bits per heavy atom. The van der Waals surface area contributed by atoms with E-state index in [1.165, 1.54) is 0 Å². The Hall–Kier alpha value is -0.810. The molecule has 1 saturated carbocycles. The minimum absolute atomic E-state index is 0.121. The molecule has 0 aromatic carbocycles. The first-order valence-electron chi connectivity index (χ1n) is 8.07. The minimum atomic E-state index is -0.462. The van der Waals surface area contributed by atoms with Crippen molar-refractivity contribution >= 4 is 6.09 Å². The molecule has 0 saturated heterocycles. The topological polar surface area (TPSA) is 70.6 Å². The maximum atomic E-state index is 11.8. The van der Waals surface area contributed by atoms with Crippen molar-refractivity contribution < 1.29 is 14.6 Å². The van der Waals surface area contributed by atoms with E-state index in [4.69, 9.17) is 4.74 Å². The zero-order valence-corrected chi connectivity index (χ0v) is 14.1. The Kier molecular flexibility index (Phi) is 6.94. The Balaban J connectivity index is 2.43. The highest BCUT2D eigenvalue weighted by Crippen LogP contribution is 2.20. The summed E-state index contributed by atoms with van der Waals surface area (Å²) in [5.74, 6) is 0.397. The smallest absolute Gasteiger partial charge is 0.407 e. The summed E-state index contributed by atoms with van der Waals surface area (Å²) in [6.45, 7) is 9.96. The third kappa shape index (κ3) is 7.14. The van der Waals surface area contributed by atoms with E-state index in [-0.39, 0.29) is 24.8 Å². The number of alkyl carbamates (subject to hydrolysis) is 1. The van der Waals surface area contributed by atoms with Crippen molar-refractivity contribution in [1.82, 2.24) is 10.6 Å². The average Bonchev–Trinajstić information content (AvgIpc) is 2.33. The number of nitrogens with one attached hydrogen (secondary N) is 2. The molecule has 5 heteroatoms. The molecule has 0 aliphatic heterocycles. The molecule has 1 rings (SSSR count). The molecule has 0 aromatic heterocycles. The highest BCUT2D eigenvalue weighted by molar-refractivity contribution is 5.68. The second-order valence-electron chi connectivity index (χ2n) is 7.41. The highest BCUT2D eigenvalue weighted by Gasteiger charge is 2.27. The summed E-state index contributed by atoms with van der Waals surface area (Å²) in [5.41, 5.74) is -0.462. The van der Waals surface area contributed by atoms with Crippen LogP contribution in [0.4, 0.5) is 4.79 Å². The molecule has 1 aliphatic rings. The van der Waals surface area contributed by atoms with Crippen LogP contribution in [0.1, 0.15) is 60.3 Å². The van der Waals surface area contributed by atoms with Crippen molar-refractivity contribution in [3.63, 3.8) is 0 Å². The van der Waals surface area contributed by atoms with Crippen LogP contribution in [0.15, 0.2) is 0 Å². The van der Waals surface area contributed by atoms with Gasteiger partial charge in [-0.3, -0.25) is 0 Å². The summed E-state index contributed by atoms with van der Waals surface area (Å²) in [5, 5.41) is 15.9. The molecule has 3 atom stereocenters. The summed E-state index contributed by atoms with van der Waals surface area (Å²) in [4.78, 5) is 11.8. The predicted molar refractivity (Wildman–Crippen MR) is 84.3 cm³/mol. The summed E-state index contributed by atoms with van der Waals surface area (Å²) in [6.07, 6.45) is 3.71. The zero-order chi connectivity index (χ0) is 16.0. The minimum Gasteiger partial charge on any atom is -0.444 e. The normalized spacial score (nSPS) is 24.7. The fourth-order valence-corrected chi connectivity index (χ4v) is 2.71. The Morgan fingerprint density at radius 3 is 2.43 bits per heavy atom. The highest BCUT2D eigenvalue weighted by atomic mass is 16.6. The van der Waals surface area contributed by atoms with Gasteiger partial charge < -0.3 is 20.5 Å². The van der Waals surface area contributed by atoms with Gasteiger partial charge in [-0.2, -0.15) is 0 Å². The molecule has 0 radical (unpaired) electrons. The van der Waals surface area contributed by atoms with Crippen LogP contribution in [0.5, 0.6) is 0 Å².